The lowest BCUT2D eigenvalue weighted by atomic mass is 9.87. The summed E-state index contributed by atoms with van der Waals surface area (Å²) in [7, 11) is 1.67. The molecule has 1 aliphatic heterocycles. The van der Waals surface area contributed by atoms with Gasteiger partial charge in [0.05, 0.1) is 29.3 Å². The minimum Gasteiger partial charge on any atom is -0.496 e. The van der Waals surface area contributed by atoms with Gasteiger partial charge in [-0.1, -0.05) is 45.9 Å². The van der Waals surface area contributed by atoms with Crippen LogP contribution < -0.4 is 15.0 Å². The standard InChI is InChI=1S/C26H38N4O3S/c1-9-14-27-19(31)15-29-20(32)16-34-22(17-12-10-11-13-18(17)33-8)21-23(25(2,3)4)28-30(24(21)29)26(5,6)7/h10-13,22H,9,14-16H2,1-8H3,(H,27,31). The average molecular weight is 487 g/mol. The molecule has 1 aromatic carbocycles. The summed E-state index contributed by atoms with van der Waals surface area (Å²) in [6, 6.07) is 7.94. The van der Waals surface area contributed by atoms with Crippen molar-refractivity contribution < 1.29 is 14.3 Å². The van der Waals surface area contributed by atoms with E-state index in [2.05, 4.69) is 52.9 Å². The first-order chi connectivity index (χ1) is 15.9. The Hall–Kier alpha value is -2.48. The van der Waals surface area contributed by atoms with Crippen LogP contribution >= 0.6 is 11.8 Å². The maximum Gasteiger partial charge on any atom is 0.240 e. The van der Waals surface area contributed by atoms with Gasteiger partial charge in [-0.15, -0.1) is 11.8 Å². The Morgan fingerprint density at radius 2 is 1.88 bits per heavy atom. The summed E-state index contributed by atoms with van der Waals surface area (Å²) >= 11 is 1.56. The summed E-state index contributed by atoms with van der Waals surface area (Å²) in [6.07, 6.45) is 0.838. The van der Waals surface area contributed by atoms with E-state index in [-0.39, 0.29) is 34.8 Å². The third-order valence-electron chi connectivity index (χ3n) is 5.73. The van der Waals surface area contributed by atoms with Gasteiger partial charge in [-0.25, -0.2) is 4.68 Å². The number of para-hydroxylation sites is 1. The average Bonchev–Trinajstić information content (AvgIpc) is 3.12. The van der Waals surface area contributed by atoms with Crippen molar-refractivity contribution in [3.05, 3.63) is 41.1 Å². The molecule has 0 fully saturated rings. The fourth-order valence-electron chi connectivity index (χ4n) is 4.13. The molecule has 2 aromatic rings. The van der Waals surface area contributed by atoms with Crippen LogP contribution in [0, 0.1) is 0 Å². The van der Waals surface area contributed by atoms with Gasteiger partial charge < -0.3 is 10.1 Å². The zero-order chi connectivity index (χ0) is 25.3. The summed E-state index contributed by atoms with van der Waals surface area (Å²) < 4.78 is 7.65. The Bertz CT molecular complexity index is 1050. The predicted molar refractivity (Wildman–Crippen MR) is 139 cm³/mol. The molecule has 0 spiro atoms. The Morgan fingerprint density at radius 3 is 2.47 bits per heavy atom. The van der Waals surface area contributed by atoms with Crippen molar-refractivity contribution >= 4 is 29.4 Å². The van der Waals surface area contributed by atoms with E-state index >= 15 is 0 Å². The second kappa shape index (κ2) is 10.0. The highest BCUT2D eigenvalue weighted by Crippen LogP contribution is 2.50. The number of anilines is 1. The van der Waals surface area contributed by atoms with Gasteiger partial charge in [-0.05, 0) is 33.3 Å². The lowest BCUT2D eigenvalue weighted by molar-refractivity contribution is -0.122. The first kappa shape index (κ1) is 26.1. The van der Waals surface area contributed by atoms with Gasteiger partial charge >= 0.3 is 0 Å². The van der Waals surface area contributed by atoms with Crippen molar-refractivity contribution in [2.24, 2.45) is 0 Å². The van der Waals surface area contributed by atoms with E-state index in [0.29, 0.717) is 12.4 Å². The highest BCUT2D eigenvalue weighted by atomic mass is 32.2. The van der Waals surface area contributed by atoms with Gasteiger partial charge in [0.1, 0.15) is 18.1 Å². The number of carbonyl (C=O) groups excluding carboxylic acids is 2. The zero-order valence-electron chi connectivity index (χ0n) is 21.7. The van der Waals surface area contributed by atoms with E-state index in [9.17, 15) is 9.59 Å². The number of hydrogen-bond acceptors (Lipinski definition) is 5. The molecule has 1 N–H and O–H groups in total. The van der Waals surface area contributed by atoms with Gasteiger partial charge in [0.15, 0.2) is 0 Å². The lowest BCUT2D eigenvalue weighted by Crippen LogP contribution is -2.44. The number of ether oxygens (including phenoxy) is 1. The minimum absolute atomic E-state index is 0.0314. The lowest BCUT2D eigenvalue weighted by Gasteiger charge is -2.29. The topological polar surface area (TPSA) is 76.5 Å². The van der Waals surface area contributed by atoms with Crippen molar-refractivity contribution in [2.45, 2.75) is 71.1 Å². The molecule has 2 amide bonds. The minimum atomic E-state index is -0.396. The molecular weight excluding hydrogens is 448 g/mol. The second-order valence-corrected chi connectivity index (χ2v) is 11.8. The molecule has 7 nitrogen and oxygen atoms in total. The van der Waals surface area contributed by atoms with E-state index in [1.807, 2.05) is 29.8 Å². The van der Waals surface area contributed by atoms with Crippen LogP contribution in [0.1, 0.15) is 77.0 Å². The van der Waals surface area contributed by atoms with E-state index in [0.717, 1.165) is 29.0 Å². The van der Waals surface area contributed by atoms with Crippen LogP contribution in [0.15, 0.2) is 24.3 Å². The quantitative estimate of drug-likeness (QED) is 0.644. The highest BCUT2D eigenvalue weighted by molar-refractivity contribution is 8.00. The summed E-state index contributed by atoms with van der Waals surface area (Å²) in [5, 5.41) is 7.85. The maximum absolute atomic E-state index is 13.5. The van der Waals surface area contributed by atoms with Crippen molar-refractivity contribution in [1.82, 2.24) is 15.1 Å². The molecular formula is C26H38N4O3S. The highest BCUT2D eigenvalue weighted by Gasteiger charge is 2.42. The number of aromatic nitrogens is 2. The van der Waals surface area contributed by atoms with Gasteiger partial charge in [0.2, 0.25) is 11.8 Å². The first-order valence-corrected chi connectivity index (χ1v) is 12.9. The Balaban J connectivity index is 2.32. The molecule has 1 atom stereocenters. The van der Waals surface area contributed by atoms with E-state index in [4.69, 9.17) is 9.84 Å². The molecule has 8 heteroatoms. The number of benzene rings is 1. The zero-order valence-corrected chi connectivity index (χ0v) is 22.5. The van der Waals surface area contributed by atoms with Gasteiger partial charge in [0, 0.05) is 23.1 Å². The number of hydrogen-bond donors (Lipinski definition) is 1. The number of thioether (sulfide) groups is 1. The summed E-state index contributed by atoms with van der Waals surface area (Å²) in [6.45, 7) is 15.2. The smallest absolute Gasteiger partial charge is 0.240 e. The molecule has 0 radical (unpaired) electrons. The molecule has 0 bridgehead atoms. The van der Waals surface area contributed by atoms with Crippen LogP contribution in [-0.4, -0.2) is 47.5 Å². The number of nitrogens with one attached hydrogen (secondary N) is 1. The molecule has 0 saturated heterocycles. The fourth-order valence-corrected chi connectivity index (χ4v) is 5.36. The number of nitrogens with zero attached hydrogens (tertiary/aromatic N) is 3. The van der Waals surface area contributed by atoms with Crippen LogP contribution in [0.2, 0.25) is 0 Å². The Morgan fingerprint density at radius 1 is 1.21 bits per heavy atom. The third-order valence-corrected chi connectivity index (χ3v) is 6.97. The largest absolute Gasteiger partial charge is 0.496 e. The maximum atomic E-state index is 13.5. The molecule has 2 heterocycles. The van der Waals surface area contributed by atoms with Crippen molar-refractivity contribution in [3.8, 4) is 5.75 Å². The molecule has 1 aromatic heterocycles. The van der Waals surface area contributed by atoms with Crippen LogP contribution in [0.25, 0.3) is 0 Å². The fraction of sp³-hybridized carbons (Fsp3) is 0.577. The third kappa shape index (κ3) is 5.27. The molecule has 34 heavy (non-hydrogen) atoms. The van der Waals surface area contributed by atoms with Crippen LogP contribution in [0.3, 0.4) is 0 Å². The first-order valence-electron chi connectivity index (χ1n) is 11.9. The molecule has 1 aliphatic rings. The van der Waals surface area contributed by atoms with Gasteiger partial charge in [-0.2, -0.15) is 5.10 Å². The van der Waals surface area contributed by atoms with Gasteiger partial charge in [-0.3, -0.25) is 14.5 Å². The van der Waals surface area contributed by atoms with E-state index in [1.54, 1.807) is 23.8 Å². The Kier molecular flexibility index (Phi) is 7.70. The monoisotopic (exact) mass is 486 g/mol. The number of rotatable bonds is 6. The summed E-state index contributed by atoms with van der Waals surface area (Å²) in [5.41, 5.74) is 2.23. The summed E-state index contributed by atoms with van der Waals surface area (Å²) in [4.78, 5) is 27.9. The Labute approximate surface area is 207 Å². The molecule has 3 rings (SSSR count). The van der Waals surface area contributed by atoms with Crippen molar-refractivity contribution in [3.63, 3.8) is 0 Å². The second-order valence-electron chi connectivity index (χ2n) is 10.7. The van der Waals surface area contributed by atoms with Crippen LogP contribution in [-0.2, 0) is 20.5 Å². The number of fused-ring (bicyclic) bond motifs is 1. The molecule has 0 aliphatic carbocycles. The van der Waals surface area contributed by atoms with Crippen molar-refractivity contribution in [1.29, 1.82) is 0 Å². The molecule has 1 unspecified atom stereocenters. The summed E-state index contributed by atoms with van der Waals surface area (Å²) in [5.74, 6) is 1.47. The number of amides is 2. The normalized spacial score (nSPS) is 16.8. The van der Waals surface area contributed by atoms with Crippen LogP contribution in [0.4, 0.5) is 5.82 Å². The SMILES string of the molecule is CCCNC(=O)CN1C(=O)CSC(c2ccccc2OC)c2c(C(C)(C)C)nn(C(C)(C)C)c21. The molecule has 0 saturated carbocycles. The van der Waals surface area contributed by atoms with Gasteiger partial charge in [0.25, 0.3) is 0 Å². The van der Waals surface area contributed by atoms with E-state index in [1.165, 1.54) is 0 Å². The van der Waals surface area contributed by atoms with Crippen LogP contribution in [0.5, 0.6) is 5.75 Å². The predicted octanol–water partition coefficient (Wildman–Crippen LogP) is 4.64. The van der Waals surface area contributed by atoms with E-state index < -0.39 is 5.54 Å². The number of methoxy groups -OCH3 is 1. The molecule has 186 valence electrons. The number of carbonyl (C=O) groups is 2. The van der Waals surface area contributed by atoms with Crippen molar-refractivity contribution in [2.75, 3.05) is 30.9 Å².